The summed E-state index contributed by atoms with van der Waals surface area (Å²) in [6.07, 6.45) is 3.48. The first-order valence-corrected chi connectivity index (χ1v) is 8.14. The molecule has 2 fully saturated rings. The number of benzene rings is 1. The smallest absolute Gasteiger partial charge is 0.251 e. The van der Waals surface area contributed by atoms with Crippen molar-refractivity contribution in [2.75, 3.05) is 0 Å². The van der Waals surface area contributed by atoms with Crippen molar-refractivity contribution in [3.8, 4) is 0 Å². The molecule has 1 aromatic carbocycles. The summed E-state index contributed by atoms with van der Waals surface area (Å²) < 4.78 is 1.82. The molecule has 5 heteroatoms. The summed E-state index contributed by atoms with van der Waals surface area (Å²) in [5, 5.41) is 7.80. The first kappa shape index (κ1) is 12.6. The van der Waals surface area contributed by atoms with Crippen LogP contribution in [0.25, 0.3) is 10.1 Å². The molecule has 2 aromatic rings. The summed E-state index contributed by atoms with van der Waals surface area (Å²) in [4.78, 5) is 12.4. The van der Waals surface area contributed by atoms with Gasteiger partial charge in [-0.05, 0) is 42.8 Å². The summed E-state index contributed by atoms with van der Waals surface area (Å²) in [7, 11) is 0. The first-order chi connectivity index (χ1) is 9.69. The molecular formula is C15H15ClN2OS. The molecule has 20 heavy (non-hydrogen) atoms. The molecule has 2 saturated heterocycles. The Kier molecular flexibility index (Phi) is 2.98. The molecule has 4 rings (SSSR count). The van der Waals surface area contributed by atoms with Gasteiger partial charge in [0.25, 0.3) is 5.91 Å². The van der Waals surface area contributed by atoms with Crippen molar-refractivity contribution in [3.63, 3.8) is 0 Å². The summed E-state index contributed by atoms with van der Waals surface area (Å²) in [5.41, 5.74) is 0.721. The van der Waals surface area contributed by atoms with Crippen molar-refractivity contribution < 1.29 is 4.79 Å². The number of nitrogens with one attached hydrogen (secondary N) is 2. The lowest BCUT2D eigenvalue weighted by molar-refractivity contribution is 0.0931. The topological polar surface area (TPSA) is 41.1 Å². The minimum absolute atomic E-state index is 0.0239. The maximum atomic E-state index is 12.4. The van der Waals surface area contributed by atoms with Crippen LogP contribution in [0.15, 0.2) is 24.3 Å². The Balaban J connectivity index is 1.54. The van der Waals surface area contributed by atoms with E-state index in [2.05, 4.69) is 10.6 Å². The highest BCUT2D eigenvalue weighted by molar-refractivity contribution is 7.22. The maximum Gasteiger partial charge on any atom is 0.251 e. The SMILES string of the molecule is O=C(N[C@@H]1C[C@H]2CC[C@@H]1N2)c1ccc2cc(Cl)sc2c1. The average Bonchev–Trinajstić information content (AvgIpc) is 3.10. The zero-order valence-corrected chi connectivity index (χ0v) is 12.4. The second-order valence-electron chi connectivity index (χ2n) is 5.67. The van der Waals surface area contributed by atoms with Crippen LogP contribution in [0.5, 0.6) is 0 Å². The van der Waals surface area contributed by atoms with E-state index >= 15 is 0 Å². The van der Waals surface area contributed by atoms with Crippen LogP contribution >= 0.6 is 22.9 Å². The number of carbonyl (C=O) groups excluding carboxylic acids is 1. The van der Waals surface area contributed by atoms with Crippen LogP contribution in [0.1, 0.15) is 29.6 Å². The van der Waals surface area contributed by atoms with E-state index in [1.807, 2.05) is 24.3 Å². The fraction of sp³-hybridized carbons (Fsp3) is 0.400. The fourth-order valence-electron chi connectivity index (χ4n) is 3.38. The molecule has 0 radical (unpaired) electrons. The Morgan fingerprint density at radius 2 is 2.25 bits per heavy atom. The van der Waals surface area contributed by atoms with Crippen LogP contribution in [0.3, 0.4) is 0 Å². The lowest BCUT2D eigenvalue weighted by Crippen LogP contribution is -2.42. The highest BCUT2D eigenvalue weighted by Gasteiger charge is 2.39. The van der Waals surface area contributed by atoms with Gasteiger partial charge in [-0.25, -0.2) is 0 Å². The molecule has 2 N–H and O–H groups in total. The van der Waals surface area contributed by atoms with Crippen LogP contribution in [0.2, 0.25) is 4.34 Å². The number of halogens is 1. The number of fused-ring (bicyclic) bond motifs is 3. The molecule has 1 amide bonds. The molecule has 3 nitrogen and oxygen atoms in total. The van der Waals surface area contributed by atoms with E-state index in [1.165, 1.54) is 24.2 Å². The average molecular weight is 307 g/mol. The number of amides is 1. The molecule has 104 valence electrons. The van der Waals surface area contributed by atoms with Gasteiger partial charge in [-0.15, -0.1) is 11.3 Å². The van der Waals surface area contributed by atoms with Gasteiger partial charge in [-0.3, -0.25) is 4.79 Å². The van der Waals surface area contributed by atoms with Gasteiger partial charge in [0.05, 0.1) is 4.34 Å². The molecule has 0 saturated carbocycles. The number of carbonyl (C=O) groups is 1. The predicted octanol–water partition coefficient (Wildman–Crippen LogP) is 3.18. The highest BCUT2D eigenvalue weighted by atomic mass is 35.5. The Hall–Kier alpha value is -1.10. The van der Waals surface area contributed by atoms with E-state index in [-0.39, 0.29) is 11.9 Å². The highest BCUT2D eigenvalue weighted by Crippen LogP contribution is 2.31. The number of hydrogen-bond donors (Lipinski definition) is 2. The van der Waals surface area contributed by atoms with Crippen molar-refractivity contribution in [3.05, 3.63) is 34.2 Å². The van der Waals surface area contributed by atoms with Gasteiger partial charge in [0.15, 0.2) is 0 Å². The van der Waals surface area contributed by atoms with Gasteiger partial charge in [0.1, 0.15) is 0 Å². The summed E-state index contributed by atoms with van der Waals surface area (Å²) in [6, 6.07) is 9.05. The van der Waals surface area contributed by atoms with Crippen molar-refractivity contribution in [1.29, 1.82) is 0 Å². The number of hydrogen-bond acceptors (Lipinski definition) is 3. The van der Waals surface area contributed by atoms with Gasteiger partial charge in [-0.1, -0.05) is 17.7 Å². The summed E-state index contributed by atoms with van der Waals surface area (Å²) >= 11 is 7.52. The van der Waals surface area contributed by atoms with Crippen molar-refractivity contribution in [2.24, 2.45) is 0 Å². The zero-order valence-electron chi connectivity index (χ0n) is 10.9. The molecule has 3 atom stereocenters. The molecule has 2 bridgehead atoms. The zero-order chi connectivity index (χ0) is 13.7. The second kappa shape index (κ2) is 4.72. The second-order valence-corrected chi connectivity index (χ2v) is 7.38. The van der Waals surface area contributed by atoms with Gasteiger partial charge in [0.2, 0.25) is 0 Å². The Bertz CT molecular complexity index is 684. The van der Waals surface area contributed by atoms with E-state index in [0.717, 1.165) is 26.4 Å². The third-order valence-electron chi connectivity index (χ3n) is 4.37. The van der Waals surface area contributed by atoms with E-state index in [9.17, 15) is 4.79 Å². The molecule has 0 unspecified atom stereocenters. The molecule has 0 spiro atoms. The fourth-order valence-corrected chi connectivity index (χ4v) is 4.57. The third kappa shape index (κ3) is 2.12. The molecule has 2 aliphatic rings. The predicted molar refractivity (Wildman–Crippen MR) is 82.7 cm³/mol. The Morgan fingerprint density at radius 3 is 3.00 bits per heavy atom. The van der Waals surface area contributed by atoms with Gasteiger partial charge < -0.3 is 10.6 Å². The lowest BCUT2D eigenvalue weighted by atomic mass is 9.95. The molecule has 2 aliphatic heterocycles. The molecule has 1 aromatic heterocycles. The third-order valence-corrected chi connectivity index (χ3v) is 5.60. The van der Waals surface area contributed by atoms with Crippen molar-refractivity contribution in [1.82, 2.24) is 10.6 Å². The maximum absolute atomic E-state index is 12.4. The monoisotopic (exact) mass is 306 g/mol. The van der Waals surface area contributed by atoms with Crippen LogP contribution in [0, 0.1) is 0 Å². The van der Waals surface area contributed by atoms with Crippen molar-refractivity contribution in [2.45, 2.75) is 37.4 Å². The largest absolute Gasteiger partial charge is 0.348 e. The molecule has 3 heterocycles. The molecule has 0 aliphatic carbocycles. The number of rotatable bonds is 2. The van der Waals surface area contributed by atoms with Crippen LogP contribution < -0.4 is 10.6 Å². The first-order valence-electron chi connectivity index (χ1n) is 6.95. The van der Waals surface area contributed by atoms with E-state index in [1.54, 1.807) is 0 Å². The van der Waals surface area contributed by atoms with E-state index in [0.29, 0.717) is 12.1 Å². The Morgan fingerprint density at radius 1 is 1.35 bits per heavy atom. The minimum atomic E-state index is 0.0239. The summed E-state index contributed by atoms with van der Waals surface area (Å²) in [6.45, 7) is 0. The summed E-state index contributed by atoms with van der Waals surface area (Å²) in [5.74, 6) is 0.0239. The van der Waals surface area contributed by atoms with Crippen molar-refractivity contribution >= 4 is 38.9 Å². The quantitative estimate of drug-likeness (QED) is 0.895. The minimum Gasteiger partial charge on any atom is -0.348 e. The number of thiophene rings is 1. The van der Waals surface area contributed by atoms with Crippen LogP contribution in [-0.4, -0.2) is 24.0 Å². The van der Waals surface area contributed by atoms with Crippen LogP contribution in [0.4, 0.5) is 0 Å². The van der Waals surface area contributed by atoms with Gasteiger partial charge >= 0.3 is 0 Å². The normalized spacial score (nSPS) is 28.1. The molecular weight excluding hydrogens is 292 g/mol. The van der Waals surface area contributed by atoms with Crippen LogP contribution in [-0.2, 0) is 0 Å². The van der Waals surface area contributed by atoms with Gasteiger partial charge in [-0.2, -0.15) is 0 Å². The van der Waals surface area contributed by atoms with E-state index in [4.69, 9.17) is 11.6 Å². The van der Waals surface area contributed by atoms with E-state index < -0.39 is 0 Å². The lowest BCUT2D eigenvalue weighted by Gasteiger charge is -2.21. The standard InChI is InChI=1S/C15H15ClN2OS/c16-14-6-8-1-2-9(5-13(8)20-14)15(19)18-12-7-10-3-4-11(12)17-10/h1-2,5-6,10-12,17H,3-4,7H2,(H,18,19)/t10-,11+,12-/m1/s1. The Labute approximate surface area is 126 Å². The van der Waals surface area contributed by atoms with Gasteiger partial charge in [0, 0.05) is 28.4 Å².